The van der Waals surface area contributed by atoms with Gasteiger partial charge in [-0.2, -0.15) is 13.2 Å². The lowest BCUT2D eigenvalue weighted by Gasteiger charge is -2.33. The SMILES string of the molecule is COc1ccc2nccc([C@@H](O)CN3CCC(NCCOc4cc(C(F)(F)F)ccc4F)CC3)c2c1. The van der Waals surface area contributed by atoms with Crippen LogP contribution in [0.2, 0.25) is 0 Å². The number of alkyl halides is 3. The van der Waals surface area contributed by atoms with Gasteiger partial charge >= 0.3 is 6.18 Å². The van der Waals surface area contributed by atoms with E-state index in [0.29, 0.717) is 31.0 Å². The number of hydrogen-bond donors (Lipinski definition) is 2. The van der Waals surface area contributed by atoms with Crippen LogP contribution in [0.1, 0.15) is 30.1 Å². The Labute approximate surface area is 206 Å². The number of fused-ring (bicyclic) bond motifs is 1. The Balaban J connectivity index is 1.23. The number of nitrogens with zero attached hydrogens (tertiary/aromatic N) is 2. The molecule has 0 spiro atoms. The summed E-state index contributed by atoms with van der Waals surface area (Å²) in [6.45, 7) is 2.49. The molecule has 1 aliphatic rings. The van der Waals surface area contributed by atoms with E-state index in [4.69, 9.17) is 9.47 Å². The molecule has 6 nitrogen and oxygen atoms in total. The van der Waals surface area contributed by atoms with Crippen LogP contribution < -0.4 is 14.8 Å². The zero-order valence-electron chi connectivity index (χ0n) is 19.9. The summed E-state index contributed by atoms with van der Waals surface area (Å²) in [6.07, 6.45) is -1.85. The number of nitrogens with one attached hydrogen (secondary N) is 1. The van der Waals surface area contributed by atoms with Gasteiger partial charge in [-0.15, -0.1) is 0 Å². The summed E-state index contributed by atoms with van der Waals surface area (Å²) >= 11 is 0. The lowest BCUT2D eigenvalue weighted by Crippen LogP contribution is -2.44. The summed E-state index contributed by atoms with van der Waals surface area (Å²) in [5.41, 5.74) is 0.654. The fourth-order valence-corrected chi connectivity index (χ4v) is 4.44. The zero-order chi connectivity index (χ0) is 25.7. The van der Waals surface area contributed by atoms with Crippen LogP contribution >= 0.6 is 0 Å². The van der Waals surface area contributed by atoms with Crippen molar-refractivity contribution in [3.8, 4) is 11.5 Å². The molecule has 0 saturated carbocycles. The number of pyridine rings is 1. The number of methoxy groups -OCH3 is 1. The second-order valence-corrected chi connectivity index (χ2v) is 8.82. The predicted octanol–water partition coefficient (Wildman–Crippen LogP) is 4.57. The summed E-state index contributed by atoms with van der Waals surface area (Å²) < 4.78 is 62.8. The lowest BCUT2D eigenvalue weighted by atomic mass is 10.0. The minimum Gasteiger partial charge on any atom is -0.497 e. The number of benzene rings is 2. The molecule has 10 heteroatoms. The van der Waals surface area contributed by atoms with Crippen LogP contribution in [0.4, 0.5) is 17.6 Å². The monoisotopic (exact) mass is 507 g/mol. The highest BCUT2D eigenvalue weighted by Crippen LogP contribution is 2.32. The number of β-amino-alcohol motifs (C(OH)–C–C–N with tert-alkyl or cyclic N) is 1. The third-order valence-electron chi connectivity index (χ3n) is 6.41. The van der Waals surface area contributed by atoms with E-state index in [2.05, 4.69) is 15.2 Å². The fourth-order valence-electron chi connectivity index (χ4n) is 4.44. The Hall–Kier alpha value is -2.95. The molecule has 2 N–H and O–H groups in total. The molecule has 3 aromatic rings. The van der Waals surface area contributed by atoms with Crippen molar-refractivity contribution < 1.29 is 32.1 Å². The molecule has 1 aliphatic heterocycles. The van der Waals surface area contributed by atoms with Crippen LogP contribution in [0.3, 0.4) is 0 Å². The third-order valence-corrected chi connectivity index (χ3v) is 6.41. The van der Waals surface area contributed by atoms with Crippen LogP contribution in [0.15, 0.2) is 48.7 Å². The maximum atomic E-state index is 13.8. The van der Waals surface area contributed by atoms with E-state index < -0.39 is 29.4 Å². The van der Waals surface area contributed by atoms with Crippen molar-refractivity contribution in [2.45, 2.75) is 31.2 Å². The first kappa shape index (κ1) is 26.1. The van der Waals surface area contributed by atoms with Crippen molar-refractivity contribution in [1.29, 1.82) is 0 Å². The number of rotatable bonds is 9. The first-order chi connectivity index (χ1) is 17.2. The maximum Gasteiger partial charge on any atom is 0.416 e. The molecule has 1 fully saturated rings. The van der Waals surface area contributed by atoms with E-state index in [1.807, 2.05) is 24.3 Å². The Morgan fingerprint density at radius 3 is 2.64 bits per heavy atom. The second kappa shape index (κ2) is 11.4. The van der Waals surface area contributed by atoms with Gasteiger partial charge in [0.15, 0.2) is 11.6 Å². The average Bonchev–Trinajstić information content (AvgIpc) is 2.87. The fraction of sp³-hybridized carbons (Fsp3) is 0.423. The highest BCUT2D eigenvalue weighted by molar-refractivity contribution is 5.83. The molecule has 36 heavy (non-hydrogen) atoms. The van der Waals surface area contributed by atoms with Gasteiger partial charge in [-0.05, 0) is 74.0 Å². The lowest BCUT2D eigenvalue weighted by molar-refractivity contribution is -0.137. The third kappa shape index (κ3) is 6.43. The van der Waals surface area contributed by atoms with Crippen LogP contribution in [-0.4, -0.2) is 60.9 Å². The Bertz CT molecular complexity index is 1170. The Morgan fingerprint density at radius 2 is 1.92 bits per heavy atom. The van der Waals surface area contributed by atoms with Crippen molar-refractivity contribution in [2.75, 3.05) is 39.9 Å². The normalized spacial score (nSPS) is 16.3. The molecule has 0 amide bonds. The number of aliphatic hydroxyl groups excluding tert-OH is 1. The summed E-state index contributed by atoms with van der Waals surface area (Å²) in [5, 5.41) is 15.1. The van der Waals surface area contributed by atoms with E-state index in [1.165, 1.54) is 0 Å². The van der Waals surface area contributed by atoms with Crippen LogP contribution in [0.25, 0.3) is 10.9 Å². The van der Waals surface area contributed by atoms with E-state index in [0.717, 1.165) is 48.5 Å². The van der Waals surface area contributed by atoms with Gasteiger partial charge in [0.1, 0.15) is 12.4 Å². The first-order valence-corrected chi connectivity index (χ1v) is 11.8. The van der Waals surface area contributed by atoms with Crippen LogP contribution in [-0.2, 0) is 6.18 Å². The van der Waals surface area contributed by atoms with E-state index in [1.54, 1.807) is 13.3 Å². The number of piperidine rings is 1. The minimum absolute atomic E-state index is 0.0513. The number of aliphatic hydroxyl groups is 1. The molecule has 0 radical (unpaired) electrons. The molecule has 2 heterocycles. The average molecular weight is 508 g/mol. The van der Waals surface area contributed by atoms with Crippen molar-refractivity contribution in [2.24, 2.45) is 0 Å². The molecule has 2 aromatic carbocycles. The van der Waals surface area contributed by atoms with Crippen molar-refractivity contribution >= 4 is 10.9 Å². The van der Waals surface area contributed by atoms with Crippen molar-refractivity contribution in [1.82, 2.24) is 15.2 Å². The number of aromatic nitrogens is 1. The van der Waals surface area contributed by atoms with Gasteiger partial charge in [-0.25, -0.2) is 4.39 Å². The van der Waals surface area contributed by atoms with Gasteiger partial charge in [-0.3, -0.25) is 4.98 Å². The van der Waals surface area contributed by atoms with Crippen molar-refractivity contribution in [3.63, 3.8) is 0 Å². The highest BCUT2D eigenvalue weighted by Gasteiger charge is 2.31. The number of hydrogen-bond acceptors (Lipinski definition) is 6. The van der Waals surface area contributed by atoms with Crippen LogP contribution in [0, 0.1) is 5.82 Å². The molecule has 0 bridgehead atoms. The standard InChI is InChI=1S/C26H29F4N3O3/c1-35-19-3-5-23-21(15-19)20(6-9-32-23)24(34)16-33-11-7-18(8-12-33)31-10-13-36-25-14-17(26(28,29)30)2-4-22(25)27/h2-6,9,14-15,18,24,31,34H,7-8,10-13,16H2,1H3/t24-/m0/s1. The summed E-state index contributed by atoms with van der Waals surface area (Å²) in [4.78, 5) is 6.56. The van der Waals surface area contributed by atoms with E-state index >= 15 is 0 Å². The van der Waals surface area contributed by atoms with Gasteiger partial charge in [0.25, 0.3) is 0 Å². The molecule has 1 aromatic heterocycles. The zero-order valence-corrected chi connectivity index (χ0v) is 19.9. The predicted molar refractivity (Wildman–Crippen MR) is 128 cm³/mol. The number of halogens is 4. The van der Waals surface area contributed by atoms with Gasteiger partial charge in [0, 0.05) is 30.7 Å². The molecule has 194 valence electrons. The summed E-state index contributed by atoms with van der Waals surface area (Å²) in [5.74, 6) is -0.525. The molecule has 0 unspecified atom stereocenters. The topological polar surface area (TPSA) is 66.9 Å². The van der Waals surface area contributed by atoms with Gasteiger partial charge < -0.3 is 24.8 Å². The first-order valence-electron chi connectivity index (χ1n) is 11.8. The molecular formula is C26H29F4N3O3. The molecule has 1 atom stereocenters. The number of ether oxygens (including phenoxy) is 2. The van der Waals surface area contributed by atoms with Gasteiger partial charge in [-0.1, -0.05) is 0 Å². The second-order valence-electron chi connectivity index (χ2n) is 8.82. The quantitative estimate of drug-likeness (QED) is 0.327. The maximum absolute atomic E-state index is 13.8. The molecule has 0 aliphatic carbocycles. The summed E-state index contributed by atoms with van der Waals surface area (Å²) in [7, 11) is 1.60. The number of likely N-dealkylation sites (tertiary alicyclic amines) is 1. The van der Waals surface area contributed by atoms with Gasteiger partial charge in [0.2, 0.25) is 0 Å². The smallest absolute Gasteiger partial charge is 0.416 e. The molecule has 1 saturated heterocycles. The van der Waals surface area contributed by atoms with Crippen molar-refractivity contribution in [3.05, 3.63) is 65.6 Å². The Kier molecular flexibility index (Phi) is 8.28. The largest absolute Gasteiger partial charge is 0.497 e. The van der Waals surface area contributed by atoms with Gasteiger partial charge in [0.05, 0.1) is 24.3 Å². The molecular weight excluding hydrogens is 478 g/mol. The van der Waals surface area contributed by atoms with Crippen LogP contribution in [0.5, 0.6) is 11.5 Å². The summed E-state index contributed by atoms with van der Waals surface area (Å²) in [6, 6.07) is 9.76. The highest BCUT2D eigenvalue weighted by atomic mass is 19.4. The minimum atomic E-state index is -4.55. The molecule has 4 rings (SSSR count). The van der Waals surface area contributed by atoms with E-state index in [9.17, 15) is 22.7 Å². The van der Waals surface area contributed by atoms with E-state index in [-0.39, 0.29) is 12.6 Å². The Morgan fingerprint density at radius 1 is 1.14 bits per heavy atom.